The Balaban J connectivity index is 2.59. The molecule has 0 saturated carbocycles. The molecule has 0 bridgehead atoms. The lowest BCUT2D eigenvalue weighted by molar-refractivity contribution is 0.266. The third-order valence-electron chi connectivity index (χ3n) is 3.06. The summed E-state index contributed by atoms with van der Waals surface area (Å²) < 4.78 is 5.63. The number of hydrogen-bond acceptors (Lipinski definition) is 4. The summed E-state index contributed by atoms with van der Waals surface area (Å²) in [7, 11) is 6.27. The van der Waals surface area contributed by atoms with E-state index in [0.717, 1.165) is 30.9 Å². The minimum absolute atomic E-state index is 0.0186. The smallest absolute Gasteiger partial charge is 0.124 e. The predicted molar refractivity (Wildman–Crippen MR) is 80.6 cm³/mol. The Morgan fingerprint density at radius 1 is 1.16 bits per heavy atom. The van der Waals surface area contributed by atoms with Gasteiger partial charge in [0.1, 0.15) is 5.75 Å². The van der Waals surface area contributed by atoms with Gasteiger partial charge in [-0.3, -0.25) is 0 Å². The van der Waals surface area contributed by atoms with Gasteiger partial charge in [-0.1, -0.05) is 18.2 Å². The van der Waals surface area contributed by atoms with Gasteiger partial charge in [-0.2, -0.15) is 0 Å². The minimum atomic E-state index is -0.0186. The van der Waals surface area contributed by atoms with Crippen LogP contribution in [0.2, 0.25) is 0 Å². The van der Waals surface area contributed by atoms with Crippen LogP contribution in [0, 0.1) is 0 Å². The number of para-hydroxylation sites is 1. The number of likely N-dealkylation sites (N-methyl/N-ethyl adjacent to an activating group) is 2. The molecule has 1 atom stereocenters. The van der Waals surface area contributed by atoms with Crippen molar-refractivity contribution in [2.75, 3.05) is 47.4 Å². The Labute approximate surface area is 117 Å². The molecule has 0 aromatic heterocycles. The van der Waals surface area contributed by atoms with E-state index in [1.54, 1.807) is 0 Å². The summed E-state index contributed by atoms with van der Waals surface area (Å²) in [5.74, 6) is 0.901. The van der Waals surface area contributed by atoms with Crippen LogP contribution < -0.4 is 10.5 Å². The van der Waals surface area contributed by atoms with E-state index in [1.165, 1.54) is 0 Å². The van der Waals surface area contributed by atoms with Gasteiger partial charge in [0.15, 0.2) is 0 Å². The molecule has 0 aliphatic carbocycles. The lowest BCUT2D eigenvalue weighted by Gasteiger charge is -2.24. The monoisotopic (exact) mass is 265 g/mol. The molecule has 1 rings (SSSR count). The number of hydrogen-bond donors (Lipinski definition) is 1. The fraction of sp³-hybridized carbons (Fsp3) is 0.600. The third kappa shape index (κ3) is 5.59. The fourth-order valence-electron chi connectivity index (χ4n) is 1.97. The topological polar surface area (TPSA) is 41.7 Å². The van der Waals surface area contributed by atoms with E-state index < -0.39 is 0 Å². The highest BCUT2D eigenvalue weighted by atomic mass is 16.5. The van der Waals surface area contributed by atoms with Crippen LogP contribution in [0.15, 0.2) is 24.3 Å². The second kappa shape index (κ2) is 8.15. The molecule has 0 spiro atoms. The van der Waals surface area contributed by atoms with Crippen LogP contribution in [-0.4, -0.2) is 57.2 Å². The van der Waals surface area contributed by atoms with Crippen LogP contribution in [0.4, 0.5) is 0 Å². The van der Waals surface area contributed by atoms with Gasteiger partial charge in [0.25, 0.3) is 0 Å². The zero-order valence-corrected chi connectivity index (χ0v) is 12.6. The van der Waals surface area contributed by atoms with Gasteiger partial charge in [0.2, 0.25) is 0 Å². The first-order chi connectivity index (χ1) is 9.04. The molecular formula is C15H27N3O. The van der Waals surface area contributed by atoms with Crippen molar-refractivity contribution in [3.05, 3.63) is 29.8 Å². The molecule has 0 radical (unpaired) electrons. The van der Waals surface area contributed by atoms with Crippen LogP contribution in [0.1, 0.15) is 18.5 Å². The second-order valence-electron chi connectivity index (χ2n) is 5.14. The minimum Gasteiger partial charge on any atom is -0.494 e. The van der Waals surface area contributed by atoms with Crippen molar-refractivity contribution in [2.45, 2.75) is 13.0 Å². The van der Waals surface area contributed by atoms with E-state index >= 15 is 0 Å². The molecule has 0 fully saturated rings. The summed E-state index contributed by atoms with van der Waals surface area (Å²) in [5, 5.41) is 0. The average molecular weight is 265 g/mol. The van der Waals surface area contributed by atoms with Gasteiger partial charge in [0.05, 0.1) is 6.61 Å². The maximum atomic E-state index is 6.30. The number of ether oxygens (including phenoxy) is 1. The van der Waals surface area contributed by atoms with Gasteiger partial charge >= 0.3 is 0 Å². The molecule has 4 heteroatoms. The van der Waals surface area contributed by atoms with Gasteiger partial charge < -0.3 is 20.3 Å². The summed E-state index contributed by atoms with van der Waals surface area (Å²) >= 11 is 0. The third-order valence-corrected chi connectivity index (χ3v) is 3.06. The zero-order valence-electron chi connectivity index (χ0n) is 12.6. The van der Waals surface area contributed by atoms with E-state index in [1.807, 2.05) is 25.1 Å². The molecule has 1 unspecified atom stereocenters. The molecule has 1 aromatic rings. The van der Waals surface area contributed by atoms with Gasteiger partial charge in [-0.25, -0.2) is 0 Å². The van der Waals surface area contributed by atoms with Crippen LogP contribution in [0.5, 0.6) is 5.75 Å². The van der Waals surface area contributed by atoms with Gasteiger partial charge in [0, 0.05) is 31.2 Å². The molecule has 0 aliphatic rings. The number of nitrogens with two attached hydrogens (primary N) is 1. The predicted octanol–water partition coefficient (Wildman–Crippen LogP) is 1.58. The Morgan fingerprint density at radius 2 is 1.84 bits per heavy atom. The Hall–Kier alpha value is -1.10. The summed E-state index contributed by atoms with van der Waals surface area (Å²) in [5.41, 5.74) is 7.38. The summed E-state index contributed by atoms with van der Waals surface area (Å²) in [6.45, 7) is 5.54. The molecule has 4 nitrogen and oxygen atoms in total. The Morgan fingerprint density at radius 3 is 2.47 bits per heavy atom. The maximum Gasteiger partial charge on any atom is 0.124 e. The fourth-order valence-corrected chi connectivity index (χ4v) is 1.97. The second-order valence-corrected chi connectivity index (χ2v) is 5.14. The highest BCUT2D eigenvalue weighted by molar-refractivity contribution is 5.35. The van der Waals surface area contributed by atoms with Crippen LogP contribution in [0.25, 0.3) is 0 Å². The van der Waals surface area contributed by atoms with E-state index in [-0.39, 0.29) is 6.04 Å². The first-order valence-corrected chi connectivity index (χ1v) is 6.85. The number of rotatable bonds is 8. The van der Waals surface area contributed by atoms with E-state index in [0.29, 0.717) is 6.61 Å². The van der Waals surface area contributed by atoms with Crippen molar-refractivity contribution < 1.29 is 4.74 Å². The SMILES string of the molecule is CCOc1ccccc1C(N)CN(C)CCN(C)C. The van der Waals surface area contributed by atoms with E-state index in [4.69, 9.17) is 10.5 Å². The molecule has 0 saturated heterocycles. The first kappa shape index (κ1) is 16.0. The van der Waals surface area contributed by atoms with Crippen LogP contribution >= 0.6 is 0 Å². The Bertz CT molecular complexity index is 368. The zero-order chi connectivity index (χ0) is 14.3. The van der Waals surface area contributed by atoms with Gasteiger partial charge in [-0.05, 0) is 34.1 Å². The number of benzene rings is 1. The molecule has 2 N–H and O–H groups in total. The highest BCUT2D eigenvalue weighted by Crippen LogP contribution is 2.23. The van der Waals surface area contributed by atoms with Gasteiger partial charge in [-0.15, -0.1) is 0 Å². The van der Waals surface area contributed by atoms with Crippen molar-refractivity contribution in [3.63, 3.8) is 0 Å². The van der Waals surface area contributed by atoms with Crippen molar-refractivity contribution in [2.24, 2.45) is 5.73 Å². The quantitative estimate of drug-likeness (QED) is 0.775. The lowest BCUT2D eigenvalue weighted by Crippen LogP contribution is -2.34. The van der Waals surface area contributed by atoms with Crippen molar-refractivity contribution in [1.82, 2.24) is 9.80 Å². The maximum absolute atomic E-state index is 6.30. The normalized spacial score (nSPS) is 13.0. The van der Waals surface area contributed by atoms with Crippen LogP contribution in [0.3, 0.4) is 0 Å². The van der Waals surface area contributed by atoms with Crippen molar-refractivity contribution in [3.8, 4) is 5.75 Å². The lowest BCUT2D eigenvalue weighted by atomic mass is 10.1. The molecule has 0 amide bonds. The highest BCUT2D eigenvalue weighted by Gasteiger charge is 2.13. The molecule has 108 valence electrons. The average Bonchev–Trinajstić information content (AvgIpc) is 2.37. The van der Waals surface area contributed by atoms with Crippen LogP contribution in [-0.2, 0) is 0 Å². The molecular weight excluding hydrogens is 238 g/mol. The number of nitrogens with zero attached hydrogens (tertiary/aromatic N) is 2. The standard InChI is InChI=1S/C15H27N3O/c1-5-19-15-9-7-6-8-13(15)14(16)12-18(4)11-10-17(2)3/h6-9,14H,5,10-12,16H2,1-4H3. The summed E-state index contributed by atoms with van der Waals surface area (Å²) in [6.07, 6.45) is 0. The molecule has 19 heavy (non-hydrogen) atoms. The Kier molecular flexibility index (Phi) is 6.84. The van der Waals surface area contributed by atoms with E-state index in [2.05, 4.69) is 37.0 Å². The first-order valence-electron chi connectivity index (χ1n) is 6.85. The summed E-state index contributed by atoms with van der Waals surface area (Å²) in [4.78, 5) is 4.43. The largest absolute Gasteiger partial charge is 0.494 e. The van der Waals surface area contributed by atoms with E-state index in [9.17, 15) is 0 Å². The molecule has 1 aromatic carbocycles. The molecule has 0 aliphatic heterocycles. The molecule has 0 heterocycles. The van der Waals surface area contributed by atoms with Crippen molar-refractivity contribution >= 4 is 0 Å². The van der Waals surface area contributed by atoms with Crippen molar-refractivity contribution in [1.29, 1.82) is 0 Å². The summed E-state index contributed by atoms with van der Waals surface area (Å²) in [6, 6.07) is 8.01.